The van der Waals surface area contributed by atoms with E-state index in [0.29, 0.717) is 5.69 Å². The molecule has 0 bridgehead atoms. The molecule has 1 atom stereocenters. The quantitative estimate of drug-likeness (QED) is 0.850. The SMILES string of the molecule is CCCC(CC)Nc1ccc(C(F)(F)F)cc1C#N. The summed E-state index contributed by atoms with van der Waals surface area (Å²) < 4.78 is 37.7. The highest BCUT2D eigenvalue weighted by atomic mass is 19.4. The van der Waals surface area contributed by atoms with Gasteiger partial charge in [0.05, 0.1) is 16.8 Å². The van der Waals surface area contributed by atoms with Gasteiger partial charge in [-0.3, -0.25) is 0 Å². The molecule has 0 aliphatic rings. The molecule has 104 valence electrons. The average Bonchev–Trinajstić information content (AvgIpc) is 2.37. The normalized spacial score (nSPS) is 12.8. The van der Waals surface area contributed by atoms with Crippen LogP contribution >= 0.6 is 0 Å². The van der Waals surface area contributed by atoms with E-state index in [-0.39, 0.29) is 11.6 Å². The molecule has 0 fully saturated rings. The van der Waals surface area contributed by atoms with Gasteiger partial charge in [0.1, 0.15) is 6.07 Å². The summed E-state index contributed by atoms with van der Waals surface area (Å²) in [7, 11) is 0. The zero-order valence-electron chi connectivity index (χ0n) is 11.0. The van der Waals surface area contributed by atoms with E-state index in [1.165, 1.54) is 6.07 Å². The minimum atomic E-state index is -4.42. The number of benzene rings is 1. The first-order chi connectivity index (χ1) is 8.92. The lowest BCUT2D eigenvalue weighted by atomic mass is 10.1. The minimum absolute atomic E-state index is 0.0318. The van der Waals surface area contributed by atoms with E-state index in [9.17, 15) is 13.2 Å². The Kier molecular flexibility index (Phi) is 5.22. The van der Waals surface area contributed by atoms with Gasteiger partial charge in [-0.2, -0.15) is 18.4 Å². The molecule has 0 aromatic heterocycles. The molecule has 5 heteroatoms. The molecule has 19 heavy (non-hydrogen) atoms. The number of hydrogen-bond acceptors (Lipinski definition) is 2. The Bertz CT molecular complexity index is 461. The summed E-state index contributed by atoms with van der Waals surface area (Å²) >= 11 is 0. The molecule has 1 rings (SSSR count). The van der Waals surface area contributed by atoms with Gasteiger partial charge in [-0.05, 0) is 31.0 Å². The van der Waals surface area contributed by atoms with Crippen LogP contribution in [0.3, 0.4) is 0 Å². The van der Waals surface area contributed by atoms with Crippen molar-refractivity contribution < 1.29 is 13.2 Å². The monoisotopic (exact) mass is 270 g/mol. The van der Waals surface area contributed by atoms with Gasteiger partial charge in [0.25, 0.3) is 0 Å². The smallest absolute Gasteiger partial charge is 0.381 e. The van der Waals surface area contributed by atoms with E-state index in [4.69, 9.17) is 5.26 Å². The highest BCUT2D eigenvalue weighted by molar-refractivity contribution is 5.59. The Morgan fingerprint density at radius 3 is 2.47 bits per heavy atom. The Hall–Kier alpha value is -1.70. The Morgan fingerprint density at radius 1 is 1.32 bits per heavy atom. The number of alkyl halides is 3. The van der Waals surface area contributed by atoms with Gasteiger partial charge in [-0.15, -0.1) is 0 Å². The van der Waals surface area contributed by atoms with Gasteiger partial charge in [0.15, 0.2) is 0 Å². The van der Waals surface area contributed by atoms with Crippen molar-refractivity contribution in [3.8, 4) is 6.07 Å². The molecule has 0 saturated heterocycles. The van der Waals surface area contributed by atoms with Crippen LogP contribution in [0, 0.1) is 11.3 Å². The van der Waals surface area contributed by atoms with E-state index in [0.717, 1.165) is 31.4 Å². The first-order valence-electron chi connectivity index (χ1n) is 6.30. The van der Waals surface area contributed by atoms with E-state index in [1.54, 1.807) is 0 Å². The van der Waals surface area contributed by atoms with Crippen molar-refractivity contribution in [3.63, 3.8) is 0 Å². The number of anilines is 1. The summed E-state index contributed by atoms with van der Waals surface area (Å²) in [5, 5.41) is 12.1. The fraction of sp³-hybridized carbons (Fsp3) is 0.500. The Balaban J connectivity index is 3.00. The standard InChI is InChI=1S/C14H17F3N2/c1-3-5-12(4-2)19-13-7-6-11(14(15,16)17)8-10(13)9-18/h6-8,12,19H,3-5H2,1-2H3. The van der Waals surface area contributed by atoms with Crippen LogP contribution in [0.2, 0.25) is 0 Å². The molecule has 0 spiro atoms. The van der Waals surface area contributed by atoms with Crippen molar-refractivity contribution >= 4 is 5.69 Å². The third-order valence-corrected chi connectivity index (χ3v) is 2.96. The lowest BCUT2D eigenvalue weighted by molar-refractivity contribution is -0.137. The third-order valence-electron chi connectivity index (χ3n) is 2.96. The second-order valence-electron chi connectivity index (χ2n) is 4.41. The van der Waals surface area contributed by atoms with Gasteiger partial charge >= 0.3 is 6.18 Å². The molecule has 0 saturated carbocycles. The maximum Gasteiger partial charge on any atom is 0.416 e. The molecule has 1 aromatic rings. The first kappa shape index (κ1) is 15.4. The number of nitrogens with one attached hydrogen (secondary N) is 1. The molecule has 2 nitrogen and oxygen atoms in total. The largest absolute Gasteiger partial charge is 0.416 e. The van der Waals surface area contributed by atoms with Crippen molar-refractivity contribution in [1.29, 1.82) is 5.26 Å². The lowest BCUT2D eigenvalue weighted by Crippen LogP contribution is -2.19. The van der Waals surface area contributed by atoms with Crippen LogP contribution < -0.4 is 5.32 Å². The van der Waals surface area contributed by atoms with Crippen molar-refractivity contribution in [2.45, 2.75) is 45.3 Å². The molecule has 0 heterocycles. The topological polar surface area (TPSA) is 35.8 Å². The van der Waals surface area contributed by atoms with Crippen molar-refractivity contribution in [3.05, 3.63) is 29.3 Å². The third kappa shape index (κ3) is 4.16. The summed E-state index contributed by atoms with van der Waals surface area (Å²) in [6.45, 7) is 4.05. The lowest BCUT2D eigenvalue weighted by Gasteiger charge is -2.19. The zero-order chi connectivity index (χ0) is 14.5. The number of nitrogens with zero attached hydrogens (tertiary/aromatic N) is 1. The summed E-state index contributed by atoms with van der Waals surface area (Å²) in [5.74, 6) is 0. The molecule has 1 unspecified atom stereocenters. The van der Waals surface area contributed by atoms with Crippen LogP contribution in [0.4, 0.5) is 18.9 Å². The van der Waals surface area contributed by atoms with Crippen LogP contribution in [0.1, 0.15) is 44.2 Å². The highest BCUT2D eigenvalue weighted by Crippen LogP contribution is 2.32. The maximum absolute atomic E-state index is 12.6. The van der Waals surface area contributed by atoms with Crippen LogP contribution in [0.5, 0.6) is 0 Å². The molecular formula is C14H17F3N2. The van der Waals surface area contributed by atoms with E-state index >= 15 is 0 Å². The van der Waals surface area contributed by atoms with Gasteiger partial charge < -0.3 is 5.32 Å². The van der Waals surface area contributed by atoms with Gasteiger partial charge in [0, 0.05) is 6.04 Å². The van der Waals surface area contributed by atoms with Crippen molar-refractivity contribution in [2.75, 3.05) is 5.32 Å². The van der Waals surface area contributed by atoms with E-state index < -0.39 is 11.7 Å². The van der Waals surface area contributed by atoms with Gasteiger partial charge in [-0.1, -0.05) is 20.3 Å². The van der Waals surface area contributed by atoms with Crippen molar-refractivity contribution in [1.82, 2.24) is 0 Å². The average molecular weight is 270 g/mol. The fourth-order valence-electron chi connectivity index (χ4n) is 1.89. The number of rotatable bonds is 5. The van der Waals surface area contributed by atoms with Crippen molar-refractivity contribution in [2.24, 2.45) is 0 Å². The molecule has 0 aliphatic carbocycles. The highest BCUT2D eigenvalue weighted by Gasteiger charge is 2.31. The fourth-order valence-corrected chi connectivity index (χ4v) is 1.89. The molecule has 1 aromatic carbocycles. The van der Waals surface area contributed by atoms with Crippen LogP contribution in [-0.2, 0) is 6.18 Å². The van der Waals surface area contributed by atoms with E-state index in [1.807, 2.05) is 19.9 Å². The first-order valence-corrected chi connectivity index (χ1v) is 6.30. The Labute approximate surface area is 111 Å². The number of nitriles is 1. The summed E-state index contributed by atoms with van der Waals surface area (Å²) in [5.41, 5.74) is -0.293. The maximum atomic E-state index is 12.6. The number of halogens is 3. The zero-order valence-corrected chi connectivity index (χ0v) is 11.0. The predicted molar refractivity (Wildman–Crippen MR) is 68.8 cm³/mol. The number of hydrogen-bond donors (Lipinski definition) is 1. The second kappa shape index (κ2) is 6.46. The molecular weight excluding hydrogens is 253 g/mol. The molecule has 0 radical (unpaired) electrons. The molecule has 1 N–H and O–H groups in total. The van der Waals surface area contributed by atoms with Gasteiger partial charge in [-0.25, -0.2) is 0 Å². The predicted octanol–water partition coefficient (Wildman–Crippen LogP) is 4.57. The summed E-state index contributed by atoms with van der Waals surface area (Å²) in [6.07, 6.45) is -1.66. The van der Waals surface area contributed by atoms with E-state index in [2.05, 4.69) is 5.32 Å². The summed E-state index contributed by atoms with van der Waals surface area (Å²) in [4.78, 5) is 0. The molecule has 0 amide bonds. The van der Waals surface area contributed by atoms with Crippen LogP contribution in [0.25, 0.3) is 0 Å². The second-order valence-corrected chi connectivity index (χ2v) is 4.41. The Morgan fingerprint density at radius 2 is 2.00 bits per heavy atom. The minimum Gasteiger partial charge on any atom is -0.381 e. The summed E-state index contributed by atoms with van der Waals surface area (Å²) in [6, 6.07) is 5.22. The molecule has 0 aliphatic heterocycles. The van der Waals surface area contributed by atoms with Crippen LogP contribution in [-0.4, -0.2) is 6.04 Å². The van der Waals surface area contributed by atoms with Gasteiger partial charge in [0.2, 0.25) is 0 Å². The van der Waals surface area contributed by atoms with Crippen LogP contribution in [0.15, 0.2) is 18.2 Å².